The van der Waals surface area contributed by atoms with Crippen LogP contribution in [0.25, 0.3) is 11.1 Å². The van der Waals surface area contributed by atoms with E-state index in [1.807, 2.05) is 18.3 Å². The Morgan fingerprint density at radius 1 is 0.667 bits per heavy atom. The van der Waals surface area contributed by atoms with E-state index in [1.54, 1.807) is 0 Å². The van der Waals surface area contributed by atoms with Crippen LogP contribution in [0.15, 0.2) is 66.9 Å². The van der Waals surface area contributed by atoms with Crippen molar-refractivity contribution in [2.24, 2.45) is 0 Å². The molecule has 140 valence electrons. The Labute approximate surface area is 163 Å². The van der Waals surface area contributed by atoms with Gasteiger partial charge in [0.25, 0.3) is 0 Å². The fourth-order valence-electron chi connectivity index (χ4n) is 3.12. The van der Waals surface area contributed by atoms with Gasteiger partial charge in [-0.05, 0) is 66.1 Å². The van der Waals surface area contributed by atoms with Gasteiger partial charge in [-0.25, -0.2) is 0 Å². The average Bonchev–Trinajstić information content (AvgIpc) is 2.73. The van der Waals surface area contributed by atoms with E-state index in [2.05, 4.69) is 67.4 Å². The van der Waals surface area contributed by atoms with Gasteiger partial charge in [0, 0.05) is 11.9 Å². The fourth-order valence-corrected chi connectivity index (χ4v) is 3.12. The third-order valence-electron chi connectivity index (χ3n) is 4.71. The summed E-state index contributed by atoms with van der Waals surface area (Å²) < 4.78 is 5.65. The van der Waals surface area contributed by atoms with E-state index in [0.717, 1.165) is 44.5 Å². The molecule has 0 spiro atoms. The van der Waals surface area contributed by atoms with Crippen molar-refractivity contribution in [2.75, 3.05) is 6.61 Å². The lowest BCUT2D eigenvalue weighted by molar-refractivity contribution is 0.317. The monoisotopic (exact) mass is 359 g/mol. The Morgan fingerprint density at radius 2 is 1.30 bits per heavy atom. The number of aromatic nitrogens is 1. The van der Waals surface area contributed by atoms with Gasteiger partial charge < -0.3 is 4.74 Å². The molecule has 0 fully saturated rings. The van der Waals surface area contributed by atoms with E-state index in [4.69, 9.17) is 4.74 Å². The molecule has 0 saturated carbocycles. The van der Waals surface area contributed by atoms with Crippen molar-refractivity contribution < 1.29 is 4.74 Å². The molecule has 3 rings (SSSR count). The SMILES string of the molecule is CCCOc1ccc(-c2ccc(CCc3ccc(CCC)nc3)cc2)cc1. The quantitative estimate of drug-likeness (QED) is 0.449. The highest BCUT2D eigenvalue weighted by atomic mass is 16.5. The van der Waals surface area contributed by atoms with Crippen LogP contribution in [0.1, 0.15) is 43.5 Å². The van der Waals surface area contributed by atoms with Gasteiger partial charge in [0.15, 0.2) is 0 Å². The van der Waals surface area contributed by atoms with Gasteiger partial charge in [0.05, 0.1) is 6.61 Å². The van der Waals surface area contributed by atoms with Crippen LogP contribution in [-0.4, -0.2) is 11.6 Å². The lowest BCUT2D eigenvalue weighted by atomic mass is 10.0. The van der Waals surface area contributed by atoms with E-state index >= 15 is 0 Å². The maximum atomic E-state index is 5.65. The number of aryl methyl sites for hydroxylation is 3. The van der Waals surface area contributed by atoms with Crippen LogP contribution in [0.4, 0.5) is 0 Å². The predicted molar refractivity (Wildman–Crippen MR) is 113 cm³/mol. The minimum absolute atomic E-state index is 0.769. The first-order chi connectivity index (χ1) is 13.3. The summed E-state index contributed by atoms with van der Waals surface area (Å²) in [5.41, 5.74) is 6.32. The molecule has 1 aromatic heterocycles. The zero-order valence-corrected chi connectivity index (χ0v) is 16.4. The number of rotatable bonds is 9. The second kappa shape index (κ2) is 9.91. The van der Waals surface area contributed by atoms with E-state index < -0.39 is 0 Å². The van der Waals surface area contributed by atoms with Crippen molar-refractivity contribution >= 4 is 0 Å². The first kappa shape index (κ1) is 19.2. The summed E-state index contributed by atoms with van der Waals surface area (Å²) >= 11 is 0. The number of ether oxygens (including phenoxy) is 1. The Kier molecular flexibility index (Phi) is 7.04. The minimum atomic E-state index is 0.769. The lowest BCUT2D eigenvalue weighted by Crippen LogP contribution is -1.95. The van der Waals surface area contributed by atoms with E-state index in [9.17, 15) is 0 Å². The number of hydrogen-bond donors (Lipinski definition) is 0. The smallest absolute Gasteiger partial charge is 0.119 e. The molecule has 0 atom stereocenters. The minimum Gasteiger partial charge on any atom is -0.494 e. The second-order valence-electron chi connectivity index (χ2n) is 6.98. The third-order valence-corrected chi connectivity index (χ3v) is 4.71. The van der Waals surface area contributed by atoms with Crippen LogP contribution >= 0.6 is 0 Å². The van der Waals surface area contributed by atoms with Crippen molar-refractivity contribution in [3.05, 3.63) is 83.7 Å². The largest absolute Gasteiger partial charge is 0.494 e. The molecule has 0 unspecified atom stereocenters. The molecule has 2 aromatic carbocycles. The summed E-state index contributed by atoms with van der Waals surface area (Å²) in [4.78, 5) is 4.55. The molecule has 0 aliphatic heterocycles. The van der Waals surface area contributed by atoms with Gasteiger partial charge in [-0.15, -0.1) is 0 Å². The highest BCUT2D eigenvalue weighted by Gasteiger charge is 2.01. The molecular weight excluding hydrogens is 330 g/mol. The van der Waals surface area contributed by atoms with Crippen molar-refractivity contribution in [2.45, 2.75) is 46.0 Å². The summed E-state index contributed by atoms with van der Waals surface area (Å²) in [5, 5.41) is 0. The zero-order valence-electron chi connectivity index (χ0n) is 16.4. The number of pyridine rings is 1. The van der Waals surface area contributed by atoms with Gasteiger partial charge in [0.1, 0.15) is 5.75 Å². The number of benzene rings is 2. The van der Waals surface area contributed by atoms with E-state index in [-0.39, 0.29) is 0 Å². The van der Waals surface area contributed by atoms with E-state index in [1.165, 1.54) is 27.9 Å². The summed E-state index contributed by atoms with van der Waals surface area (Å²) in [5.74, 6) is 0.941. The molecule has 1 heterocycles. The predicted octanol–water partition coefficient (Wildman–Crippen LogP) is 6.28. The van der Waals surface area contributed by atoms with Crippen LogP contribution < -0.4 is 4.74 Å². The molecule has 0 aliphatic rings. The molecule has 0 N–H and O–H groups in total. The molecular formula is C25H29NO. The third kappa shape index (κ3) is 5.68. The maximum Gasteiger partial charge on any atom is 0.119 e. The Bertz CT molecular complexity index is 804. The van der Waals surface area contributed by atoms with Crippen LogP contribution in [0, 0.1) is 0 Å². The first-order valence-corrected chi connectivity index (χ1v) is 10.0. The van der Waals surface area contributed by atoms with Crippen LogP contribution in [-0.2, 0) is 19.3 Å². The molecule has 3 aromatic rings. The Balaban J connectivity index is 1.56. The van der Waals surface area contributed by atoms with Crippen molar-refractivity contribution in [3.63, 3.8) is 0 Å². The zero-order chi connectivity index (χ0) is 18.9. The summed E-state index contributed by atoms with van der Waals surface area (Å²) in [7, 11) is 0. The normalized spacial score (nSPS) is 10.7. The Morgan fingerprint density at radius 3 is 1.89 bits per heavy atom. The van der Waals surface area contributed by atoms with Crippen LogP contribution in [0.5, 0.6) is 5.75 Å². The molecule has 0 amide bonds. The summed E-state index contributed by atoms with van der Waals surface area (Å²) in [6.07, 6.45) is 7.34. The molecule has 2 heteroatoms. The highest BCUT2D eigenvalue weighted by Crippen LogP contribution is 2.23. The van der Waals surface area contributed by atoms with Crippen molar-refractivity contribution in [1.82, 2.24) is 4.98 Å². The molecule has 0 radical (unpaired) electrons. The standard InChI is InChI=1S/C25H29NO/c1-3-5-24-15-10-21(19-26-24)7-6-20-8-11-22(12-9-20)23-13-16-25(17-14-23)27-18-4-2/h8-17,19H,3-7,18H2,1-2H3. The average molecular weight is 360 g/mol. The summed E-state index contributed by atoms with van der Waals surface area (Å²) in [6, 6.07) is 21.6. The van der Waals surface area contributed by atoms with Gasteiger partial charge >= 0.3 is 0 Å². The van der Waals surface area contributed by atoms with Gasteiger partial charge in [-0.3, -0.25) is 4.98 Å². The molecule has 2 nitrogen and oxygen atoms in total. The van der Waals surface area contributed by atoms with Gasteiger partial charge in [-0.2, -0.15) is 0 Å². The number of hydrogen-bond acceptors (Lipinski definition) is 2. The fraction of sp³-hybridized carbons (Fsp3) is 0.320. The highest BCUT2D eigenvalue weighted by molar-refractivity contribution is 5.64. The van der Waals surface area contributed by atoms with Crippen molar-refractivity contribution in [3.8, 4) is 16.9 Å². The molecule has 0 bridgehead atoms. The van der Waals surface area contributed by atoms with E-state index in [0.29, 0.717) is 0 Å². The van der Waals surface area contributed by atoms with Gasteiger partial charge in [0.2, 0.25) is 0 Å². The Hall–Kier alpha value is -2.61. The summed E-state index contributed by atoms with van der Waals surface area (Å²) in [6.45, 7) is 5.08. The molecule has 27 heavy (non-hydrogen) atoms. The molecule has 0 saturated heterocycles. The topological polar surface area (TPSA) is 22.1 Å². The maximum absolute atomic E-state index is 5.65. The lowest BCUT2D eigenvalue weighted by Gasteiger charge is -2.08. The van der Waals surface area contributed by atoms with Crippen LogP contribution in [0.2, 0.25) is 0 Å². The second-order valence-corrected chi connectivity index (χ2v) is 6.98. The van der Waals surface area contributed by atoms with Gasteiger partial charge in [-0.1, -0.05) is 62.7 Å². The van der Waals surface area contributed by atoms with Crippen molar-refractivity contribution in [1.29, 1.82) is 0 Å². The first-order valence-electron chi connectivity index (χ1n) is 10.0. The number of nitrogens with zero attached hydrogens (tertiary/aromatic N) is 1. The molecule has 0 aliphatic carbocycles. The van der Waals surface area contributed by atoms with Crippen LogP contribution in [0.3, 0.4) is 0 Å².